The van der Waals surface area contributed by atoms with Crippen LogP contribution in [0.15, 0.2) is 22.7 Å². The molecule has 0 spiro atoms. The van der Waals surface area contributed by atoms with Gasteiger partial charge in [0.2, 0.25) is 11.8 Å². The van der Waals surface area contributed by atoms with Crippen molar-refractivity contribution in [2.75, 3.05) is 6.54 Å². The molecule has 1 aromatic carbocycles. The molecule has 22 heavy (non-hydrogen) atoms. The molecule has 0 aliphatic carbocycles. The van der Waals surface area contributed by atoms with Crippen molar-refractivity contribution >= 4 is 27.7 Å². The molecular formula is C16H22BrFN2O2. The van der Waals surface area contributed by atoms with Crippen LogP contribution in [0.1, 0.15) is 39.2 Å². The van der Waals surface area contributed by atoms with Gasteiger partial charge in [-0.05, 0) is 30.2 Å². The standard InChI is InChI=1S/C16H22BrFN2O2/c1-16(2,3)15(22)19-6-4-5-14(21)20-10-11-7-12(17)9-13(18)8-11/h7-9H,4-6,10H2,1-3H3,(H,19,22)(H,20,21). The second kappa shape index (κ2) is 8.27. The highest BCUT2D eigenvalue weighted by Crippen LogP contribution is 2.15. The van der Waals surface area contributed by atoms with Crippen LogP contribution in [0.4, 0.5) is 4.39 Å². The van der Waals surface area contributed by atoms with Gasteiger partial charge in [0.1, 0.15) is 5.82 Å². The number of benzene rings is 1. The molecule has 6 heteroatoms. The van der Waals surface area contributed by atoms with Gasteiger partial charge in [-0.25, -0.2) is 4.39 Å². The minimum Gasteiger partial charge on any atom is -0.356 e. The molecule has 0 fully saturated rings. The SMILES string of the molecule is CC(C)(C)C(=O)NCCCC(=O)NCc1cc(F)cc(Br)c1. The summed E-state index contributed by atoms with van der Waals surface area (Å²) in [5, 5.41) is 5.52. The molecule has 0 atom stereocenters. The average molecular weight is 373 g/mol. The number of carbonyl (C=O) groups excluding carboxylic acids is 2. The van der Waals surface area contributed by atoms with Gasteiger partial charge in [0, 0.05) is 29.4 Å². The Kier molecular flexibility index (Phi) is 7.00. The van der Waals surface area contributed by atoms with Gasteiger partial charge in [0.05, 0.1) is 0 Å². The molecule has 0 radical (unpaired) electrons. The van der Waals surface area contributed by atoms with E-state index in [-0.39, 0.29) is 24.2 Å². The van der Waals surface area contributed by atoms with Crippen molar-refractivity contribution in [1.82, 2.24) is 10.6 Å². The molecule has 0 aliphatic heterocycles. The Morgan fingerprint density at radius 2 is 1.86 bits per heavy atom. The maximum Gasteiger partial charge on any atom is 0.225 e. The third-order valence-corrected chi connectivity index (χ3v) is 3.42. The summed E-state index contributed by atoms with van der Waals surface area (Å²) in [5.41, 5.74) is 0.272. The molecule has 0 aliphatic rings. The molecule has 0 saturated carbocycles. The van der Waals surface area contributed by atoms with Crippen LogP contribution in [0.2, 0.25) is 0 Å². The molecule has 2 amide bonds. The quantitative estimate of drug-likeness (QED) is 0.753. The predicted octanol–water partition coefficient (Wildman–Crippen LogP) is 3.15. The Balaban J connectivity index is 2.25. The zero-order chi connectivity index (χ0) is 16.8. The van der Waals surface area contributed by atoms with Crippen LogP contribution in [0, 0.1) is 11.2 Å². The fourth-order valence-electron chi connectivity index (χ4n) is 1.72. The first-order valence-corrected chi connectivity index (χ1v) is 7.98. The van der Waals surface area contributed by atoms with E-state index in [1.165, 1.54) is 12.1 Å². The largest absolute Gasteiger partial charge is 0.356 e. The summed E-state index contributed by atoms with van der Waals surface area (Å²) in [6, 6.07) is 4.50. The summed E-state index contributed by atoms with van der Waals surface area (Å²) in [6.45, 7) is 6.27. The molecule has 1 aromatic rings. The lowest BCUT2D eigenvalue weighted by Gasteiger charge is -2.17. The van der Waals surface area contributed by atoms with Crippen LogP contribution < -0.4 is 10.6 Å². The van der Waals surface area contributed by atoms with Crippen LogP contribution in [-0.4, -0.2) is 18.4 Å². The van der Waals surface area contributed by atoms with E-state index in [0.717, 1.165) is 0 Å². The van der Waals surface area contributed by atoms with Gasteiger partial charge in [-0.15, -0.1) is 0 Å². The number of halogens is 2. The van der Waals surface area contributed by atoms with Crippen molar-refractivity contribution in [3.05, 3.63) is 34.1 Å². The number of carbonyl (C=O) groups is 2. The minimum absolute atomic E-state index is 0.0301. The zero-order valence-corrected chi connectivity index (χ0v) is 14.7. The first kappa shape index (κ1) is 18.6. The Bertz CT molecular complexity index is 521. The van der Waals surface area contributed by atoms with E-state index in [1.54, 1.807) is 6.07 Å². The molecule has 122 valence electrons. The van der Waals surface area contributed by atoms with Crippen molar-refractivity contribution < 1.29 is 14.0 Å². The third kappa shape index (κ3) is 7.02. The minimum atomic E-state index is -0.424. The highest BCUT2D eigenvalue weighted by Gasteiger charge is 2.20. The average Bonchev–Trinajstić information content (AvgIpc) is 2.39. The van der Waals surface area contributed by atoms with Crippen LogP contribution >= 0.6 is 15.9 Å². The number of amides is 2. The summed E-state index contributed by atoms with van der Waals surface area (Å²) in [7, 11) is 0. The molecule has 0 aromatic heterocycles. The topological polar surface area (TPSA) is 58.2 Å². The highest BCUT2D eigenvalue weighted by molar-refractivity contribution is 9.10. The van der Waals surface area contributed by atoms with Gasteiger partial charge in [-0.1, -0.05) is 36.7 Å². The molecular weight excluding hydrogens is 351 g/mol. The molecule has 1 rings (SSSR count). The van der Waals surface area contributed by atoms with Gasteiger partial charge in [-0.2, -0.15) is 0 Å². The number of hydrogen-bond donors (Lipinski definition) is 2. The van der Waals surface area contributed by atoms with Crippen molar-refractivity contribution in [2.45, 2.75) is 40.2 Å². The van der Waals surface area contributed by atoms with E-state index < -0.39 is 5.41 Å². The number of hydrogen-bond acceptors (Lipinski definition) is 2. The molecule has 2 N–H and O–H groups in total. The van der Waals surface area contributed by atoms with Crippen LogP contribution in [-0.2, 0) is 16.1 Å². The van der Waals surface area contributed by atoms with E-state index in [1.807, 2.05) is 20.8 Å². The lowest BCUT2D eigenvalue weighted by atomic mass is 9.96. The number of nitrogens with one attached hydrogen (secondary N) is 2. The summed E-state index contributed by atoms with van der Waals surface area (Å²) in [4.78, 5) is 23.3. The van der Waals surface area contributed by atoms with Gasteiger partial charge in [0.25, 0.3) is 0 Å². The van der Waals surface area contributed by atoms with Crippen molar-refractivity contribution in [2.24, 2.45) is 5.41 Å². The Hall–Kier alpha value is -1.43. The lowest BCUT2D eigenvalue weighted by molar-refractivity contribution is -0.128. The lowest BCUT2D eigenvalue weighted by Crippen LogP contribution is -2.35. The molecule has 0 bridgehead atoms. The Labute approximate surface area is 139 Å². The zero-order valence-electron chi connectivity index (χ0n) is 13.1. The summed E-state index contributed by atoms with van der Waals surface area (Å²) in [6.07, 6.45) is 0.890. The molecule has 0 saturated heterocycles. The summed E-state index contributed by atoms with van der Waals surface area (Å²) in [5.74, 6) is -0.494. The van der Waals surface area contributed by atoms with Crippen molar-refractivity contribution in [3.8, 4) is 0 Å². The van der Waals surface area contributed by atoms with Crippen LogP contribution in [0.25, 0.3) is 0 Å². The van der Waals surface area contributed by atoms with Crippen molar-refractivity contribution in [1.29, 1.82) is 0 Å². The van der Waals surface area contributed by atoms with E-state index in [0.29, 0.717) is 29.4 Å². The van der Waals surface area contributed by atoms with E-state index in [9.17, 15) is 14.0 Å². The molecule has 0 heterocycles. The normalized spacial score (nSPS) is 11.1. The molecule has 0 unspecified atom stereocenters. The Morgan fingerprint density at radius 3 is 2.45 bits per heavy atom. The van der Waals surface area contributed by atoms with E-state index >= 15 is 0 Å². The van der Waals surface area contributed by atoms with E-state index in [4.69, 9.17) is 0 Å². The van der Waals surface area contributed by atoms with Gasteiger partial charge in [-0.3, -0.25) is 9.59 Å². The highest BCUT2D eigenvalue weighted by atomic mass is 79.9. The second-order valence-electron chi connectivity index (χ2n) is 6.16. The second-order valence-corrected chi connectivity index (χ2v) is 7.08. The fourth-order valence-corrected chi connectivity index (χ4v) is 2.23. The number of rotatable bonds is 6. The van der Waals surface area contributed by atoms with Crippen molar-refractivity contribution in [3.63, 3.8) is 0 Å². The first-order chi connectivity index (χ1) is 10.2. The first-order valence-electron chi connectivity index (χ1n) is 7.18. The Morgan fingerprint density at radius 1 is 1.18 bits per heavy atom. The predicted molar refractivity (Wildman–Crippen MR) is 87.6 cm³/mol. The fraction of sp³-hybridized carbons (Fsp3) is 0.500. The smallest absolute Gasteiger partial charge is 0.225 e. The van der Waals surface area contributed by atoms with Gasteiger partial charge in [0.15, 0.2) is 0 Å². The summed E-state index contributed by atoms with van der Waals surface area (Å²) < 4.78 is 13.8. The molecule has 4 nitrogen and oxygen atoms in total. The maximum atomic E-state index is 13.2. The van der Waals surface area contributed by atoms with Gasteiger partial charge >= 0.3 is 0 Å². The third-order valence-electron chi connectivity index (χ3n) is 2.96. The van der Waals surface area contributed by atoms with Crippen LogP contribution in [0.3, 0.4) is 0 Å². The maximum absolute atomic E-state index is 13.2. The summed E-state index contributed by atoms with van der Waals surface area (Å²) >= 11 is 3.21. The van der Waals surface area contributed by atoms with E-state index in [2.05, 4.69) is 26.6 Å². The monoisotopic (exact) mass is 372 g/mol. The van der Waals surface area contributed by atoms with Gasteiger partial charge < -0.3 is 10.6 Å². The van der Waals surface area contributed by atoms with Crippen LogP contribution in [0.5, 0.6) is 0 Å².